The average molecular weight is 669 g/mol. The molecule has 0 radical (unpaired) electrons. The second kappa shape index (κ2) is 15.7. The molecule has 0 heterocycles. The Morgan fingerprint density at radius 2 is 1.00 bits per heavy atom. The van der Waals surface area contributed by atoms with Crippen molar-refractivity contribution in [1.29, 1.82) is 0 Å². The Hall–Kier alpha value is -0.877. The van der Waals surface area contributed by atoms with Gasteiger partial charge in [-0.2, -0.15) is 0 Å². The molecule has 4 aromatic carbocycles. The second-order valence-corrected chi connectivity index (χ2v) is 17.4. The van der Waals surface area contributed by atoms with Crippen LogP contribution in [0.15, 0.2) is 72.8 Å². The molecule has 2 saturated carbocycles. The topological polar surface area (TPSA) is 0 Å². The van der Waals surface area contributed by atoms with E-state index in [1.165, 1.54) is 60.1 Å². The van der Waals surface area contributed by atoms with Gasteiger partial charge < -0.3 is 0 Å². The second-order valence-electron chi connectivity index (χ2n) is 13.7. The Morgan fingerprint density at radius 3 is 1.37 bits per heavy atom. The first-order valence-corrected chi connectivity index (χ1v) is 22.3. The Bertz CT molecular complexity index is 1230. The minimum atomic E-state index is -0.826. The predicted molar refractivity (Wildman–Crippen MR) is 179 cm³/mol. The summed E-state index contributed by atoms with van der Waals surface area (Å²) in [5, 5.41) is 5.82. The fourth-order valence-electron chi connectivity index (χ4n) is 8.12. The molecule has 6 atom stereocenters. The van der Waals surface area contributed by atoms with E-state index in [0.717, 1.165) is 47.3 Å². The fourth-order valence-corrected chi connectivity index (χ4v) is 8.12. The van der Waals surface area contributed by atoms with Crippen LogP contribution < -0.4 is 0 Å². The number of hydrogen-bond donors (Lipinski definition) is 0. The van der Waals surface area contributed by atoms with E-state index in [1.807, 2.05) is 0 Å². The molecule has 4 aromatic rings. The van der Waals surface area contributed by atoms with Crippen molar-refractivity contribution in [3.63, 3.8) is 0 Å². The van der Waals surface area contributed by atoms with Crippen LogP contribution in [0.5, 0.6) is 0 Å². The molecule has 6 rings (SSSR count). The maximum absolute atomic E-state index is 4.93. The summed E-state index contributed by atoms with van der Waals surface area (Å²) in [4.78, 5) is 0. The summed E-state index contributed by atoms with van der Waals surface area (Å²) in [5.41, 5.74) is 3.22. The van der Waals surface area contributed by atoms with Crippen molar-refractivity contribution < 1.29 is 20.8 Å². The Labute approximate surface area is 269 Å². The Morgan fingerprint density at radius 1 is 0.610 bits per heavy atom. The van der Waals surface area contributed by atoms with Crippen molar-refractivity contribution in [2.45, 2.75) is 91.9 Å². The molecule has 0 aliphatic heterocycles. The summed E-state index contributed by atoms with van der Waals surface area (Å²) in [5.74, 6) is 6.62. The Kier molecular flexibility index (Phi) is 12.7. The third-order valence-electron chi connectivity index (χ3n) is 10.3. The van der Waals surface area contributed by atoms with Gasteiger partial charge in [0.1, 0.15) is 0 Å². The summed E-state index contributed by atoms with van der Waals surface area (Å²) in [6.07, 6.45) is 8.38. The molecule has 41 heavy (non-hydrogen) atoms. The van der Waals surface area contributed by atoms with E-state index in [0.29, 0.717) is 0 Å². The summed E-state index contributed by atoms with van der Waals surface area (Å²) >= 11 is -0.826. The summed E-state index contributed by atoms with van der Waals surface area (Å²) in [6, 6.07) is 27.2. The van der Waals surface area contributed by atoms with E-state index in [9.17, 15) is 0 Å². The normalized spacial score (nSPS) is 26.3. The molecule has 0 amide bonds. The number of benzene rings is 2. The van der Waals surface area contributed by atoms with Gasteiger partial charge in [-0.15, -0.1) is 94.7 Å². The van der Waals surface area contributed by atoms with Crippen LogP contribution in [0.4, 0.5) is 0 Å². The first-order valence-electron chi connectivity index (χ1n) is 16.0. The molecule has 0 N–H and O–H groups in total. The predicted octanol–water partition coefficient (Wildman–Crippen LogP) is 12.8. The first kappa shape index (κ1) is 33.0. The Balaban J connectivity index is 0.000000173. The van der Waals surface area contributed by atoms with Crippen LogP contribution in [0.3, 0.4) is 0 Å². The fraction of sp³-hybridized carbons (Fsp3) is 0.526. The van der Waals surface area contributed by atoms with Crippen molar-refractivity contribution in [2.24, 2.45) is 35.5 Å². The van der Waals surface area contributed by atoms with Crippen LogP contribution in [0.2, 0.25) is 0 Å². The van der Waals surface area contributed by atoms with E-state index in [-0.39, 0.29) is 0 Å². The third kappa shape index (κ3) is 8.19. The zero-order valence-electron chi connectivity index (χ0n) is 26.0. The van der Waals surface area contributed by atoms with Gasteiger partial charge in [0.05, 0.1) is 0 Å². The third-order valence-corrected chi connectivity index (χ3v) is 10.3. The maximum atomic E-state index is 4.93. The molecule has 0 bridgehead atoms. The summed E-state index contributed by atoms with van der Waals surface area (Å²) < 4.78 is 0. The van der Waals surface area contributed by atoms with Gasteiger partial charge >= 0.3 is 37.9 Å². The molecule has 0 aromatic heterocycles. The molecule has 2 fully saturated rings. The summed E-state index contributed by atoms with van der Waals surface area (Å²) in [7, 11) is 9.87. The molecule has 2 aliphatic carbocycles. The molecule has 0 nitrogen and oxygen atoms in total. The van der Waals surface area contributed by atoms with Gasteiger partial charge in [0, 0.05) is 0 Å². The van der Waals surface area contributed by atoms with Crippen LogP contribution in [-0.2, 0) is 20.8 Å². The van der Waals surface area contributed by atoms with Crippen molar-refractivity contribution in [2.75, 3.05) is 0 Å². The van der Waals surface area contributed by atoms with Crippen molar-refractivity contribution >= 4 is 38.6 Å². The van der Waals surface area contributed by atoms with Gasteiger partial charge in [0.15, 0.2) is 0 Å². The van der Waals surface area contributed by atoms with Gasteiger partial charge in [0.25, 0.3) is 0 Å². The number of hydrogen-bond acceptors (Lipinski definition) is 0. The van der Waals surface area contributed by atoms with Crippen molar-refractivity contribution in [3.8, 4) is 0 Å². The van der Waals surface area contributed by atoms with Gasteiger partial charge in [-0.3, -0.25) is 0 Å². The molecule has 0 unspecified atom stereocenters. The number of fused-ring (bicyclic) bond motifs is 2. The SMILES string of the molecule is CC(C)[C@@H]1CC[C@@H](C)C[C@@H]1c1cc[c-]2ccccc12.CC(C)[C@@H]1CC[C@@H](C)C[C@@H]1c1cc[c-]2ccccc12.[Cl][Zr+2][Cl]. The van der Waals surface area contributed by atoms with Crippen LogP contribution in [0.25, 0.3) is 21.5 Å². The van der Waals surface area contributed by atoms with Gasteiger partial charge in [-0.25, -0.2) is 0 Å². The van der Waals surface area contributed by atoms with Crippen LogP contribution in [-0.4, -0.2) is 0 Å². The standard InChI is InChI=1S/2C19H25.2ClH.Zr/c2*1-13(2)16-10-8-14(3)12-19(16)18-11-9-15-6-4-5-7-17(15)18;;;/h2*4-7,9,11,13-14,16,19H,8,10,12H2,1-3H3;2*1H;/q2*-1;;;+4/p-2/t2*14-,16+,19+;;;/m11.../s1. The zero-order chi connectivity index (χ0) is 29.5. The quantitative estimate of drug-likeness (QED) is 0.190. The molecule has 0 spiro atoms. The number of rotatable bonds is 4. The van der Waals surface area contributed by atoms with E-state index in [4.69, 9.17) is 17.0 Å². The van der Waals surface area contributed by atoms with Crippen molar-refractivity contribution in [3.05, 3.63) is 83.9 Å². The minimum absolute atomic E-state index is 0.767. The van der Waals surface area contributed by atoms with Crippen LogP contribution in [0, 0.1) is 35.5 Å². The molecular weight excluding hydrogens is 619 g/mol. The monoisotopic (exact) mass is 666 g/mol. The average Bonchev–Trinajstić information content (AvgIpc) is 3.58. The van der Waals surface area contributed by atoms with Crippen LogP contribution >= 0.6 is 17.0 Å². The van der Waals surface area contributed by atoms with Gasteiger partial charge in [0.2, 0.25) is 0 Å². The molecule has 220 valence electrons. The van der Waals surface area contributed by atoms with E-state index >= 15 is 0 Å². The molecule has 2 aliphatic rings. The van der Waals surface area contributed by atoms with E-state index < -0.39 is 20.8 Å². The zero-order valence-corrected chi connectivity index (χ0v) is 30.0. The first-order chi connectivity index (χ1) is 19.7. The van der Waals surface area contributed by atoms with Gasteiger partial charge in [-0.1, -0.05) is 78.0 Å². The number of halogens is 2. The summed E-state index contributed by atoms with van der Waals surface area (Å²) in [6.45, 7) is 14.5. The van der Waals surface area contributed by atoms with Gasteiger partial charge in [-0.05, 0) is 60.2 Å². The molecule has 3 heteroatoms. The van der Waals surface area contributed by atoms with E-state index in [2.05, 4.69) is 114 Å². The van der Waals surface area contributed by atoms with Crippen molar-refractivity contribution in [1.82, 2.24) is 0 Å². The molecular formula is C38H50Cl2Zr. The van der Waals surface area contributed by atoms with E-state index in [1.54, 1.807) is 11.1 Å². The van der Waals surface area contributed by atoms with Crippen LogP contribution in [0.1, 0.15) is 103 Å². The molecule has 0 saturated heterocycles.